The van der Waals surface area contributed by atoms with E-state index in [2.05, 4.69) is 9.72 Å². The lowest BCUT2D eigenvalue weighted by molar-refractivity contribution is 0.0605. The number of methoxy groups -OCH3 is 1. The van der Waals surface area contributed by atoms with Crippen molar-refractivity contribution in [2.75, 3.05) is 7.11 Å². The summed E-state index contributed by atoms with van der Waals surface area (Å²) < 4.78 is 5.44. The van der Waals surface area contributed by atoms with Gasteiger partial charge < -0.3 is 9.84 Å². The Morgan fingerprint density at radius 3 is 2.87 bits per heavy atom. The molecule has 2 aromatic heterocycles. The minimum absolute atomic E-state index is 0.0939. The molecule has 0 aliphatic heterocycles. The smallest absolute Gasteiger partial charge is 0.348 e. The van der Waals surface area contributed by atoms with E-state index in [0.717, 1.165) is 10.3 Å². The van der Waals surface area contributed by atoms with Crippen LogP contribution in [0, 0.1) is 6.92 Å². The number of carbonyl (C=O) groups excluding carboxylic acids is 1. The van der Waals surface area contributed by atoms with Gasteiger partial charge in [-0.2, -0.15) is 0 Å². The Balaban J connectivity index is 2.75. The average Bonchev–Trinajstić information content (AvgIpc) is 2.56. The van der Waals surface area contributed by atoms with Gasteiger partial charge in [0.1, 0.15) is 10.6 Å². The molecule has 15 heavy (non-hydrogen) atoms. The molecule has 0 bridgehead atoms. The summed E-state index contributed by atoms with van der Waals surface area (Å²) in [6, 6.07) is 0. The lowest BCUT2D eigenvalue weighted by atomic mass is 10.2. The van der Waals surface area contributed by atoms with Crippen molar-refractivity contribution in [3.05, 3.63) is 22.8 Å². The number of pyridine rings is 1. The Morgan fingerprint density at radius 2 is 2.27 bits per heavy atom. The number of fused-ring (bicyclic) bond motifs is 1. The molecule has 5 heteroatoms. The van der Waals surface area contributed by atoms with Crippen LogP contribution in [-0.4, -0.2) is 23.2 Å². The average molecular weight is 223 g/mol. The van der Waals surface area contributed by atoms with Crippen molar-refractivity contribution < 1.29 is 14.6 Å². The number of thiophene rings is 1. The fourth-order valence-corrected chi connectivity index (χ4v) is 2.59. The zero-order valence-electron chi connectivity index (χ0n) is 8.27. The molecular weight excluding hydrogens is 214 g/mol. The van der Waals surface area contributed by atoms with Gasteiger partial charge in [-0.25, -0.2) is 4.79 Å². The van der Waals surface area contributed by atoms with E-state index in [4.69, 9.17) is 0 Å². The van der Waals surface area contributed by atoms with Crippen molar-refractivity contribution in [2.24, 2.45) is 0 Å². The Hall–Kier alpha value is -1.62. The largest absolute Gasteiger partial charge is 0.506 e. The van der Waals surface area contributed by atoms with Gasteiger partial charge in [0, 0.05) is 11.6 Å². The number of carbonyl (C=O) groups is 1. The summed E-state index contributed by atoms with van der Waals surface area (Å²) in [5.41, 5.74) is 0.738. The Labute approximate surface area is 90.1 Å². The summed E-state index contributed by atoms with van der Waals surface area (Å²) in [4.78, 5) is 15.8. The minimum atomic E-state index is -0.381. The molecule has 0 saturated heterocycles. The van der Waals surface area contributed by atoms with Crippen molar-refractivity contribution in [1.29, 1.82) is 0 Å². The van der Waals surface area contributed by atoms with E-state index in [1.807, 2.05) is 0 Å². The van der Waals surface area contributed by atoms with E-state index in [9.17, 15) is 9.90 Å². The maximum absolute atomic E-state index is 11.4. The highest BCUT2D eigenvalue weighted by Crippen LogP contribution is 2.35. The molecule has 0 saturated carbocycles. The van der Waals surface area contributed by atoms with Crippen LogP contribution in [-0.2, 0) is 4.74 Å². The van der Waals surface area contributed by atoms with Crippen LogP contribution >= 0.6 is 11.3 Å². The van der Waals surface area contributed by atoms with Gasteiger partial charge in [0.05, 0.1) is 18.0 Å². The number of ether oxygens (including phenoxy) is 1. The number of esters is 1. The third kappa shape index (κ3) is 1.45. The topological polar surface area (TPSA) is 59.4 Å². The quantitative estimate of drug-likeness (QED) is 0.752. The highest BCUT2D eigenvalue weighted by Gasteiger charge is 2.17. The van der Waals surface area contributed by atoms with Crippen LogP contribution in [0.5, 0.6) is 5.75 Å². The standard InChI is InChI=1S/C10H9NO3S/c1-5-8-6(12)3-11-4-7(8)15-9(5)10(13)14-2/h3-4,12H,1-2H3. The number of aryl methyl sites for hydroxylation is 1. The van der Waals surface area contributed by atoms with Crippen LogP contribution in [0.3, 0.4) is 0 Å². The van der Waals surface area contributed by atoms with Gasteiger partial charge in [0.25, 0.3) is 0 Å². The van der Waals surface area contributed by atoms with E-state index in [0.29, 0.717) is 10.3 Å². The van der Waals surface area contributed by atoms with Gasteiger partial charge in [-0.15, -0.1) is 11.3 Å². The second kappa shape index (κ2) is 3.51. The van der Waals surface area contributed by atoms with Gasteiger partial charge in [0.15, 0.2) is 0 Å². The molecule has 2 aromatic rings. The molecule has 78 valence electrons. The molecule has 1 N–H and O–H groups in total. The summed E-state index contributed by atoms with van der Waals surface area (Å²) in [6.07, 6.45) is 2.99. The fraction of sp³-hybridized carbons (Fsp3) is 0.200. The maximum atomic E-state index is 11.4. The lowest BCUT2D eigenvalue weighted by Gasteiger charge is -1.97. The molecule has 0 aliphatic carbocycles. The number of hydrogen-bond donors (Lipinski definition) is 1. The molecule has 0 aromatic carbocycles. The second-order valence-corrected chi connectivity index (χ2v) is 4.13. The summed E-state index contributed by atoms with van der Waals surface area (Å²) in [6.45, 7) is 1.78. The number of rotatable bonds is 1. The van der Waals surface area contributed by atoms with Crippen molar-refractivity contribution in [1.82, 2.24) is 4.98 Å². The van der Waals surface area contributed by atoms with Gasteiger partial charge in [0.2, 0.25) is 0 Å². The van der Waals surface area contributed by atoms with Crippen LogP contribution in [0.2, 0.25) is 0 Å². The molecule has 0 fully saturated rings. The van der Waals surface area contributed by atoms with E-state index >= 15 is 0 Å². The first-order valence-corrected chi connectivity index (χ1v) is 5.11. The van der Waals surface area contributed by atoms with Crippen LogP contribution in [0.15, 0.2) is 12.4 Å². The minimum Gasteiger partial charge on any atom is -0.506 e. The molecule has 0 unspecified atom stereocenters. The number of nitrogens with zero attached hydrogens (tertiary/aromatic N) is 1. The fourth-order valence-electron chi connectivity index (χ4n) is 1.47. The third-order valence-electron chi connectivity index (χ3n) is 2.19. The number of hydrogen-bond acceptors (Lipinski definition) is 5. The molecule has 2 heterocycles. The van der Waals surface area contributed by atoms with Gasteiger partial charge in [-0.05, 0) is 12.5 Å². The highest BCUT2D eigenvalue weighted by molar-refractivity contribution is 7.21. The monoisotopic (exact) mass is 223 g/mol. The molecule has 0 radical (unpaired) electrons. The van der Waals surface area contributed by atoms with Crippen LogP contribution in [0.25, 0.3) is 10.1 Å². The van der Waals surface area contributed by atoms with Crippen molar-refractivity contribution in [3.8, 4) is 5.75 Å². The van der Waals surface area contributed by atoms with Crippen LogP contribution < -0.4 is 0 Å². The maximum Gasteiger partial charge on any atom is 0.348 e. The number of aromatic hydroxyl groups is 1. The lowest BCUT2D eigenvalue weighted by Crippen LogP contribution is -1.99. The Morgan fingerprint density at radius 1 is 1.53 bits per heavy atom. The van der Waals surface area contributed by atoms with Crippen molar-refractivity contribution in [2.45, 2.75) is 6.92 Å². The Bertz CT molecular complexity index is 533. The summed E-state index contributed by atoms with van der Waals surface area (Å²) in [5.74, 6) is -0.287. The van der Waals surface area contributed by atoms with Gasteiger partial charge in [-0.1, -0.05) is 0 Å². The SMILES string of the molecule is COC(=O)c1sc2cncc(O)c2c1C. The second-order valence-electron chi connectivity index (χ2n) is 3.08. The normalized spacial score (nSPS) is 10.5. The van der Waals surface area contributed by atoms with E-state index in [-0.39, 0.29) is 11.7 Å². The summed E-state index contributed by atoms with van der Waals surface area (Å²) >= 11 is 1.27. The molecule has 0 atom stereocenters. The molecule has 0 aliphatic rings. The Kier molecular flexibility index (Phi) is 2.32. The predicted octanol–water partition coefficient (Wildman–Crippen LogP) is 2.10. The summed E-state index contributed by atoms with van der Waals surface area (Å²) in [7, 11) is 1.34. The molecule has 0 spiro atoms. The zero-order valence-corrected chi connectivity index (χ0v) is 9.09. The van der Waals surface area contributed by atoms with Crippen molar-refractivity contribution >= 4 is 27.4 Å². The van der Waals surface area contributed by atoms with E-state index in [1.54, 1.807) is 13.1 Å². The summed E-state index contributed by atoms with van der Waals surface area (Å²) in [5, 5.41) is 10.3. The first-order chi connectivity index (χ1) is 7.15. The first-order valence-electron chi connectivity index (χ1n) is 4.29. The predicted molar refractivity (Wildman–Crippen MR) is 57.4 cm³/mol. The first kappa shape index (κ1) is 9.92. The molecule has 0 amide bonds. The number of aromatic nitrogens is 1. The van der Waals surface area contributed by atoms with Gasteiger partial charge >= 0.3 is 5.97 Å². The third-order valence-corrected chi connectivity index (χ3v) is 3.40. The highest BCUT2D eigenvalue weighted by atomic mass is 32.1. The molecular formula is C10H9NO3S. The zero-order chi connectivity index (χ0) is 11.0. The molecule has 2 rings (SSSR count). The van der Waals surface area contributed by atoms with E-state index in [1.165, 1.54) is 24.6 Å². The van der Waals surface area contributed by atoms with Gasteiger partial charge in [-0.3, -0.25) is 4.98 Å². The molecule has 4 nitrogen and oxygen atoms in total. The van der Waals surface area contributed by atoms with Crippen molar-refractivity contribution in [3.63, 3.8) is 0 Å². The van der Waals surface area contributed by atoms with Crippen LogP contribution in [0.1, 0.15) is 15.2 Å². The van der Waals surface area contributed by atoms with Crippen LogP contribution in [0.4, 0.5) is 0 Å². The van der Waals surface area contributed by atoms with E-state index < -0.39 is 0 Å².